The molecule has 0 aromatic rings. The standard InChI is InChI=1S/C11H17NO5S/c1-11(2)7(8(11)10(14)15)9(13)12-6-3-4-18(16,17)5-6/h6-8H,3-5H2,1-2H3,(H,12,13)(H,14,15)/t6?,7-,8+/m1/s1. The second kappa shape index (κ2) is 3.94. The molecule has 18 heavy (non-hydrogen) atoms. The number of carboxylic acid groups (broad SMARTS) is 1. The Balaban J connectivity index is 1.97. The molecule has 2 fully saturated rings. The summed E-state index contributed by atoms with van der Waals surface area (Å²) >= 11 is 0. The number of carbonyl (C=O) groups is 2. The fraction of sp³-hybridized carbons (Fsp3) is 0.818. The average molecular weight is 275 g/mol. The number of carbonyl (C=O) groups excluding carboxylic acids is 1. The van der Waals surface area contributed by atoms with E-state index in [9.17, 15) is 18.0 Å². The van der Waals surface area contributed by atoms with Crippen LogP contribution in [0.2, 0.25) is 0 Å². The van der Waals surface area contributed by atoms with E-state index in [1.807, 2.05) is 0 Å². The minimum absolute atomic E-state index is 0.0381. The van der Waals surface area contributed by atoms with E-state index in [4.69, 9.17) is 5.11 Å². The lowest BCUT2D eigenvalue weighted by Crippen LogP contribution is -2.37. The average Bonchev–Trinajstić information content (AvgIpc) is 2.62. The van der Waals surface area contributed by atoms with Gasteiger partial charge < -0.3 is 10.4 Å². The molecule has 2 aliphatic rings. The Morgan fingerprint density at radius 1 is 1.28 bits per heavy atom. The first-order valence-corrected chi connectivity index (χ1v) is 7.71. The molecule has 1 unspecified atom stereocenters. The van der Waals surface area contributed by atoms with Crippen LogP contribution in [0.5, 0.6) is 0 Å². The Labute approximate surface area is 106 Å². The summed E-state index contributed by atoms with van der Waals surface area (Å²) in [7, 11) is -3.04. The topological polar surface area (TPSA) is 101 Å². The molecule has 1 aliphatic heterocycles. The van der Waals surface area contributed by atoms with Crippen LogP contribution >= 0.6 is 0 Å². The van der Waals surface area contributed by atoms with Crippen molar-refractivity contribution >= 4 is 21.7 Å². The molecule has 0 aromatic carbocycles. The number of aliphatic carboxylic acids is 1. The summed E-state index contributed by atoms with van der Waals surface area (Å²) in [6.45, 7) is 3.48. The van der Waals surface area contributed by atoms with Crippen LogP contribution in [0.1, 0.15) is 20.3 Å². The molecule has 1 aliphatic carbocycles. The summed E-state index contributed by atoms with van der Waals surface area (Å²) in [6, 6.07) is -0.367. The van der Waals surface area contributed by atoms with E-state index in [1.54, 1.807) is 13.8 Å². The quantitative estimate of drug-likeness (QED) is 0.733. The summed E-state index contributed by atoms with van der Waals surface area (Å²) in [6.07, 6.45) is 0.416. The summed E-state index contributed by atoms with van der Waals surface area (Å²) in [5, 5.41) is 11.6. The minimum Gasteiger partial charge on any atom is -0.481 e. The molecule has 2 N–H and O–H groups in total. The molecular weight excluding hydrogens is 258 g/mol. The first kappa shape index (κ1) is 13.3. The first-order valence-electron chi connectivity index (χ1n) is 5.89. The van der Waals surface area contributed by atoms with Crippen LogP contribution in [0.4, 0.5) is 0 Å². The van der Waals surface area contributed by atoms with Gasteiger partial charge in [0.1, 0.15) is 0 Å². The van der Waals surface area contributed by atoms with E-state index in [0.29, 0.717) is 6.42 Å². The van der Waals surface area contributed by atoms with E-state index in [-0.39, 0.29) is 23.5 Å². The fourth-order valence-corrected chi connectivity index (χ4v) is 4.46. The molecule has 1 saturated carbocycles. The fourth-order valence-electron chi connectivity index (χ4n) is 2.79. The first-order chi connectivity index (χ1) is 8.15. The van der Waals surface area contributed by atoms with Crippen LogP contribution in [0.15, 0.2) is 0 Å². The molecule has 0 radical (unpaired) electrons. The molecule has 7 heteroatoms. The van der Waals surface area contributed by atoms with Crippen LogP contribution in [0.3, 0.4) is 0 Å². The highest BCUT2D eigenvalue weighted by Crippen LogP contribution is 2.58. The van der Waals surface area contributed by atoms with E-state index >= 15 is 0 Å². The second-order valence-electron chi connectivity index (χ2n) is 5.72. The largest absolute Gasteiger partial charge is 0.481 e. The van der Waals surface area contributed by atoms with Crippen molar-refractivity contribution in [3.8, 4) is 0 Å². The molecule has 0 bridgehead atoms. The number of sulfone groups is 1. The van der Waals surface area contributed by atoms with Gasteiger partial charge in [-0.3, -0.25) is 9.59 Å². The number of amides is 1. The zero-order valence-corrected chi connectivity index (χ0v) is 11.2. The number of rotatable bonds is 3. The van der Waals surface area contributed by atoms with Crippen LogP contribution < -0.4 is 5.32 Å². The Morgan fingerprint density at radius 2 is 1.89 bits per heavy atom. The summed E-state index contributed by atoms with van der Waals surface area (Å²) in [5.41, 5.74) is -0.548. The zero-order chi connectivity index (χ0) is 13.7. The normalized spacial score (nSPS) is 36.0. The van der Waals surface area contributed by atoms with Gasteiger partial charge in [0.2, 0.25) is 5.91 Å². The number of carboxylic acids is 1. The predicted octanol–water partition coefficient (Wildman–Crippen LogP) is -0.353. The van der Waals surface area contributed by atoms with Gasteiger partial charge in [-0.2, -0.15) is 0 Å². The molecule has 1 amide bonds. The number of nitrogens with one attached hydrogen (secondary N) is 1. The molecule has 0 aromatic heterocycles. The molecule has 3 atom stereocenters. The Hall–Kier alpha value is -1.11. The van der Waals surface area contributed by atoms with Crippen molar-refractivity contribution in [3.63, 3.8) is 0 Å². The van der Waals surface area contributed by atoms with Gasteiger partial charge >= 0.3 is 5.97 Å². The van der Waals surface area contributed by atoms with Crippen molar-refractivity contribution in [1.29, 1.82) is 0 Å². The maximum absolute atomic E-state index is 11.9. The predicted molar refractivity (Wildman–Crippen MR) is 63.6 cm³/mol. The monoisotopic (exact) mass is 275 g/mol. The Morgan fingerprint density at radius 3 is 2.28 bits per heavy atom. The Kier molecular flexibility index (Phi) is 2.92. The van der Waals surface area contributed by atoms with Gasteiger partial charge in [-0.05, 0) is 11.8 Å². The maximum Gasteiger partial charge on any atom is 0.307 e. The van der Waals surface area contributed by atoms with Gasteiger partial charge in [-0.25, -0.2) is 8.42 Å². The van der Waals surface area contributed by atoms with Gasteiger partial charge in [0.15, 0.2) is 9.84 Å². The van der Waals surface area contributed by atoms with Crippen LogP contribution in [0, 0.1) is 17.3 Å². The van der Waals surface area contributed by atoms with E-state index in [2.05, 4.69) is 5.32 Å². The van der Waals surface area contributed by atoms with Crippen molar-refractivity contribution in [2.45, 2.75) is 26.3 Å². The van der Waals surface area contributed by atoms with Crippen LogP contribution in [0.25, 0.3) is 0 Å². The van der Waals surface area contributed by atoms with Crippen molar-refractivity contribution in [3.05, 3.63) is 0 Å². The molecule has 2 rings (SSSR count). The van der Waals surface area contributed by atoms with Crippen LogP contribution in [-0.4, -0.2) is 42.9 Å². The lowest BCUT2D eigenvalue weighted by Gasteiger charge is -2.11. The second-order valence-corrected chi connectivity index (χ2v) is 7.95. The van der Waals surface area contributed by atoms with E-state index in [1.165, 1.54) is 0 Å². The molecule has 6 nitrogen and oxygen atoms in total. The maximum atomic E-state index is 11.9. The van der Waals surface area contributed by atoms with Crippen molar-refractivity contribution in [2.75, 3.05) is 11.5 Å². The third kappa shape index (κ3) is 2.23. The summed E-state index contributed by atoms with van der Waals surface area (Å²) < 4.78 is 22.5. The summed E-state index contributed by atoms with van der Waals surface area (Å²) in [4.78, 5) is 22.9. The van der Waals surface area contributed by atoms with Gasteiger partial charge in [-0.1, -0.05) is 13.8 Å². The zero-order valence-electron chi connectivity index (χ0n) is 10.3. The minimum atomic E-state index is -3.04. The number of hydrogen-bond acceptors (Lipinski definition) is 4. The van der Waals surface area contributed by atoms with Crippen molar-refractivity contribution in [1.82, 2.24) is 5.32 Å². The molecule has 1 saturated heterocycles. The van der Waals surface area contributed by atoms with Gasteiger partial charge in [-0.15, -0.1) is 0 Å². The lowest BCUT2D eigenvalue weighted by atomic mass is 10.1. The highest BCUT2D eigenvalue weighted by atomic mass is 32.2. The van der Waals surface area contributed by atoms with Gasteiger partial charge in [0.05, 0.1) is 23.3 Å². The third-order valence-corrected chi connectivity index (χ3v) is 5.72. The summed E-state index contributed by atoms with van der Waals surface area (Å²) in [5.74, 6) is -2.49. The molecule has 1 heterocycles. The highest BCUT2D eigenvalue weighted by Gasteiger charge is 2.66. The van der Waals surface area contributed by atoms with Gasteiger partial charge in [0, 0.05) is 6.04 Å². The van der Waals surface area contributed by atoms with Crippen LogP contribution in [-0.2, 0) is 19.4 Å². The van der Waals surface area contributed by atoms with Gasteiger partial charge in [0.25, 0.3) is 0 Å². The van der Waals surface area contributed by atoms with Crippen molar-refractivity contribution in [2.24, 2.45) is 17.3 Å². The van der Waals surface area contributed by atoms with Crippen molar-refractivity contribution < 1.29 is 23.1 Å². The Bertz CT molecular complexity index is 496. The molecule has 102 valence electrons. The van der Waals surface area contributed by atoms with E-state index < -0.39 is 33.1 Å². The third-order valence-electron chi connectivity index (χ3n) is 3.95. The number of hydrogen-bond donors (Lipinski definition) is 2. The molecular formula is C11H17NO5S. The molecule has 0 spiro atoms. The smallest absolute Gasteiger partial charge is 0.307 e. The van der Waals surface area contributed by atoms with E-state index in [0.717, 1.165) is 0 Å². The lowest BCUT2D eigenvalue weighted by molar-refractivity contribution is -0.140. The highest BCUT2D eigenvalue weighted by molar-refractivity contribution is 7.91. The SMILES string of the molecule is CC1(C)[C@H](C(=O)O)[C@@H]1C(=O)NC1CCS(=O)(=O)C1.